The number of nitrogens with zero attached hydrogens (tertiary/aromatic N) is 2. The molecule has 0 aromatic rings. The molecule has 2 unspecified atom stereocenters. The topological polar surface area (TPSA) is 77.9 Å². The summed E-state index contributed by atoms with van der Waals surface area (Å²) in [6.45, 7) is 2.15. The van der Waals surface area contributed by atoms with E-state index in [1.54, 1.807) is 11.8 Å². The Morgan fingerprint density at radius 2 is 2.15 bits per heavy atom. The number of rotatable bonds is 7. The molecule has 0 bridgehead atoms. The summed E-state index contributed by atoms with van der Waals surface area (Å²) in [6, 6.07) is -1.06. The maximum Gasteiger partial charge on any atom is 0.322 e. The van der Waals surface area contributed by atoms with Crippen molar-refractivity contribution in [3.05, 3.63) is 0 Å². The SMILES string of the molecule is CSCCC(C)N(C)S(=O)(=O)N1CCCCC1C(=O)O. The van der Waals surface area contributed by atoms with Crippen molar-refractivity contribution in [2.24, 2.45) is 0 Å². The van der Waals surface area contributed by atoms with Gasteiger partial charge in [-0.3, -0.25) is 4.79 Å². The Kier molecular flexibility index (Phi) is 6.77. The lowest BCUT2D eigenvalue weighted by Crippen LogP contribution is -2.54. The monoisotopic (exact) mass is 324 g/mol. The van der Waals surface area contributed by atoms with Gasteiger partial charge in [0.05, 0.1) is 0 Å². The van der Waals surface area contributed by atoms with Crippen molar-refractivity contribution in [2.45, 2.75) is 44.7 Å². The first-order chi connectivity index (χ1) is 9.32. The van der Waals surface area contributed by atoms with Gasteiger partial charge in [0, 0.05) is 19.6 Å². The van der Waals surface area contributed by atoms with Crippen molar-refractivity contribution in [2.75, 3.05) is 25.6 Å². The predicted molar refractivity (Wildman–Crippen MR) is 81.1 cm³/mol. The zero-order valence-electron chi connectivity index (χ0n) is 12.3. The molecule has 1 heterocycles. The Bertz CT molecular complexity index is 427. The van der Waals surface area contributed by atoms with Gasteiger partial charge < -0.3 is 5.11 Å². The average Bonchev–Trinajstić information content (AvgIpc) is 2.43. The van der Waals surface area contributed by atoms with E-state index in [0.29, 0.717) is 13.0 Å². The number of thioether (sulfide) groups is 1. The third-order valence-corrected chi connectivity index (χ3v) is 6.52. The molecule has 118 valence electrons. The van der Waals surface area contributed by atoms with Crippen LogP contribution < -0.4 is 0 Å². The molecular formula is C12H24N2O4S2. The second-order valence-corrected chi connectivity index (χ2v) is 8.04. The number of carboxylic acids is 1. The van der Waals surface area contributed by atoms with Gasteiger partial charge in [-0.05, 0) is 44.6 Å². The second-order valence-electron chi connectivity index (χ2n) is 5.12. The molecule has 20 heavy (non-hydrogen) atoms. The van der Waals surface area contributed by atoms with Gasteiger partial charge in [0.2, 0.25) is 0 Å². The van der Waals surface area contributed by atoms with Crippen molar-refractivity contribution < 1.29 is 18.3 Å². The maximum absolute atomic E-state index is 12.6. The number of hydrogen-bond acceptors (Lipinski definition) is 4. The van der Waals surface area contributed by atoms with Gasteiger partial charge in [-0.15, -0.1) is 0 Å². The van der Waals surface area contributed by atoms with Crippen LogP contribution in [0.4, 0.5) is 0 Å². The van der Waals surface area contributed by atoms with Gasteiger partial charge in [0.25, 0.3) is 10.2 Å². The van der Waals surface area contributed by atoms with Crippen molar-refractivity contribution in [1.29, 1.82) is 0 Å². The van der Waals surface area contributed by atoms with Crippen molar-refractivity contribution in [3.8, 4) is 0 Å². The van der Waals surface area contributed by atoms with E-state index in [2.05, 4.69) is 0 Å². The van der Waals surface area contributed by atoms with Crippen LogP contribution in [0.15, 0.2) is 0 Å². The highest BCUT2D eigenvalue weighted by atomic mass is 32.2. The van der Waals surface area contributed by atoms with E-state index in [1.165, 1.54) is 11.4 Å². The van der Waals surface area contributed by atoms with E-state index in [1.807, 2.05) is 13.2 Å². The molecule has 0 radical (unpaired) electrons. The number of hydrogen-bond donors (Lipinski definition) is 1. The number of aliphatic carboxylic acids is 1. The lowest BCUT2D eigenvalue weighted by atomic mass is 10.1. The molecule has 0 amide bonds. The summed E-state index contributed by atoms with van der Waals surface area (Å²) in [6.07, 6.45) is 4.60. The molecule has 1 fully saturated rings. The van der Waals surface area contributed by atoms with Gasteiger partial charge in [0.1, 0.15) is 6.04 Å². The van der Waals surface area contributed by atoms with E-state index in [-0.39, 0.29) is 6.04 Å². The summed E-state index contributed by atoms with van der Waals surface area (Å²) < 4.78 is 27.6. The van der Waals surface area contributed by atoms with Crippen LogP contribution in [-0.4, -0.2) is 65.8 Å². The molecule has 2 atom stereocenters. The molecule has 1 rings (SSSR count). The minimum atomic E-state index is -3.71. The van der Waals surface area contributed by atoms with Crippen LogP contribution in [0, 0.1) is 0 Å². The highest BCUT2D eigenvalue weighted by Crippen LogP contribution is 2.24. The van der Waals surface area contributed by atoms with E-state index in [4.69, 9.17) is 0 Å². The third kappa shape index (κ3) is 4.09. The van der Waals surface area contributed by atoms with Crippen LogP contribution in [0.25, 0.3) is 0 Å². The minimum absolute atomic E-state index is 0.135. The van der Waals surface area contributed by atoms with Gasteiger partial charge in [-0.1, -0.05) is 0 Å². The highest BCUT2D eigenvalue weighted by Gasteiger charge is 2.39. The molecule has 1 aliphatic heterocycles. The third-order valence-electron chi connectivity index (χ3n) is 3.76. The minimum Gasteiger partial charge on any atom is -0.480 e. The molecule has 6 nitrogen and oxygen atoms in total. The summed E-state index contributed by atoms with van der Waals surface area (Å²) in [4.78, 5) is 11.2. The molecule has 1 N–H and O–H groups in total. The first-order valence-electron chi connectivity index (χ1n) is 6.79. The highest BCUT2D eigenvalue weighted by molar-refractivity contribution is 7.98. The summed E-state index contributed by atoms with van der Waals surface area (Å²) in [5.41, 5.74) is 0. The Morgan fingerprint density at radius 3 is 2.70 bits per heavy atom. The lowest BCUT2D eigenvalue weighted by Gasteiger charge is -2.36. The Labute approximate surface area is 125 Å². The fourth-order valence-electron chi connectivity index (χ4n) is 2.29. The average molecular weight is 324 g/mol. The quantitative estimate of drug-likeness (QED) is 0.762. The molecular weight excluding hydrogens is 300 g/mol. The molecule has 1 aliphatic rings. The van der Waals surface area contributed by atoms with Crippen molar-refractivity contribution in [3.63, 3.8) is 0 Å². The summed E-state index contributed by atoms with van der Waals surface area (Å²) >= 11 is 1.67. The molecule has 1 saturated heterocycles. The van der Waals surface area contributed by atoms with Crippen molar-refractivity contribution >= 4 is 27.9 Å². The number of carbonyl (C=O) groups is 1. The van der Waals surface area contributed by atoms with Gasteiger partial charge in [-0.2, -0.15) is 28.8 Å². The van der Waals surface area contributed by atoms with Crippen LogP contribution in [0.1, 0.15) is 32.6 Å². The summed E-state index contributed by atoms with van der Waals surface area (Å²) in [7, 11) is -2.17. The second kappa shape index (κ2) is 7.63. The summed E-state index contributed by atoms with van der Waals surface area (Å²) in [5, 5.41) is 9.21. The summed E-state index contributed by atoms with van der Waals surface area (Å²) in [5.74, 6) is -0.179. The first-order valence-corrected chi connectivity index (χ1v) is 9.58. The van der Waals surface area contributed by atoms with E-state index in [0.717, 1.165) is 29.3 Å². The number of carboxylic acid groups (broad SMARTS) is 1. The van der Waals surface area contributed by atoms with Crippen molar-refractivity contribution in [1.82, 2.24) is 8.61 Å². The molecule has 8 heteroatoms. The zero-order chi connectivity index (χ0) is 15.3. The van der Waals surface area contributed by atoms with Gasteiger partial charge >= 0.3 is 5.97 Å². The number of piperidine rings is 1. The predicted octanol–water partition coefficient (Wildman–Crippen LogP) is 1.24. The maximum atomic E-state index is 12.6. The fourth-order valence-corrected chi connectivity index (χ4v) is 4.64. The molecule has 0 saturated carbocycles. The van der Waals surface area contributed by atoms with Crippen LogP contribution in [0.3, 0.4) is 0 Å². The standard InChI is InChI=1S/C12H24N2O4S2/c1-10(7-9-19-3)13(2)20(17,18)14-8-5-4-6-11(14)12(15)16/h10-11H,4-9H2,1-3H3,(H,15,16). The van der Waals surface area contributed by atoms with Crippen LogP contribution in [-0.2, 0) is 15.0 Å². The normalized spacial score (nSPS) is 22.9. The van der Waals surface area contributed by atoms with E-state index < -0.39 is 22.2 Å². The smallest absolute Gasteiger partial charge is 0.322 e. The molecule has 0 aromatic heterocycles. The van der Waals surface area contributed by atoms with Crippen LogP contribution in [0.5, 0.6) is 0 Å². The Hall–Kier alpha value is -0.310. The fraction of sp³-hybridized carbons (Fsp3) is 0.917. The first kappa shape index (κ1) is 17.7. The largest absolute Gasteiger partial charge is 0.480 e. The Balaban J connectivity index is 2.87. The Morgan fingerprint density at radius 1 is 1.50 bits per heavy atom. The van der Waals surface area contributed by atoms with E-state index in [9.17, 15) is 18.3 Å². The molecule has 0 aliphatic carbocycles. The van der Waals surface area contributed by atoms with Gasteiger partial charge in [0.15, 0.2) is 0 Å². The van der Waals surface area contributed by atoms with E-state index >= 15 is 0 Å². The van der Waals surface area contributed by atoms with Gasteiger partial charge in [-0.25, -0.2) is 0 Å². The molecule has 0 aromatic carbocycles. The lowest BCUT2D eigenvalue weighted by molar-refractivity contribution is -0.142. The van der Waals surface area contributed by atoms with Crippen LogP contribution in [0.2, 0.25) is 0 Å². The zero-order valence-corrected chi connectivity index (χ0v) is 13.9. The molecule has 0 spiro atoms. The van der Waals surface area contributed by atoms with Crippen LogP contribution >= 0.6 is 11.8 Å².